The Morgan fingerprint density at radius 1 is 1.35 bits per heavy atom. The normalized spacial score (nSPS) is 24.4. The van der Waals surface area contributed by atoms with Gasteiger partial charge in [0.05, 0.1) is 15.9 Å². The number of hydrogen-bond donors (Lipinski definition) is 0. The average Bonchev–Trinajstić information content (AvgIpc) is 3.26. The summed E-state index contributed by atoms with van der Waals surface area (Å²) in [5, 5.41) is 0.572. The zero-order valence-electron chi connectivity index (χ0n) is 11.8. The number of rotatable bonds is 3. The SMILES string of the molecule is CC(C)N1CCOC(c2nc(Cl)c(I)c(C3CC3)n2)C1. The van der Waals surface area contributed by atoms with E-state index >= 15 is 0 Å². The zero-order valence-corrected chi connectivity index (χ0v) is 14.7. The van der Waals surface area contributed by atoms with Gasteiger partial charge in [-0.3, -0.25) is 4.90 Å². The summed E-state index contributed by atoms with van der Waals surface area (Å²) in [7, 11) is 0. The summed E-state index contributed by atoms with van der Waals surface area (Å²) in [6, 6.07) is 0.517. The molecule has 0 radical (unpaired) electrons. The summed E-state index contributed by atoms with van der Waals surface area (Å²) < 4.78 is 6.87. The molecule has 1 atom stereocenters. The summed E-state index contributed by atoms with van der Waals surface area (Å²) in [6.07, 6.45) is 2.37. The van der Waals surface area contributed by atoms with Crippen molar-refractivity contribution < 1.29 is 4.74 Å². The monoisotopic (exact) mass is 407 g/mol. The van der Waals surface area contributed by atoms with Crippen molar-refractivity contribution in [1.82, 2.24) is 14.9 Å². The van der Waals surface area contributed by atoms with Crippen molar-refractivity contribution in [2.75, 3.05) is 19.7 Å². The number of hydrogen-bond acceptors (Lipinski definition) is 4. The molecule has 1 saturated carbocycles. The van der Waals surface area contributed by atoms with E-state index in [9.17, 15) is 0 Å². The lowest BCUT2D eigenvalue weighted by Gasteiger charge is -2.34. The largest absolute Gasteiger partial charge is 0.368 e. The summed E-state index contributed by atoms with van der Waals surface area (Å²) in [4.78, 5) is 11.6. The Morgan fingerprint density at radius 3 is 2.75 bits per heavy atom. The molecular formula is C14H19ClIN3O. The van der Waals surface area contributed by atoms with Gasteiger partial charge in [0, 0.05) is 25.0 Å². The molecule has 4 nitrogen and oxygen atoms in total. The van der Waals surface area contributed by atoms with Gasteiger partial charge in [0.25, 0.3) is 0 Å². The van der Waals surface area contributed by atoms with E-state index in [-0.39, 0.29) is 6.10 Å². The van der Waals surface area contributed by atoms with Crippen LogP contribution < -0.4 is 0 Å². The molecule has 20 heavy (non-hydrogen) atoms. The Morgan fingerprint density at radius 2 is 2.10 bits per heavy atom. The third-order valence-electron chi connectivity index (χ3n) is 3.93. The third kappa shape index (κ3) is 3.10. The predicted molar refractivity (Wildman–Crippen MR) is 87.1 cm³/mol. The molecule has 0 spiro atoms. The Hall–Kier alpha value is 0.0200. The molecule has 0 aromatic carbocycles. The maximum absolute atomic E-state index is 6.28. The highest BCUT2D eigenvalue weighted by atomic mass is 127. The van der Waals surface area contributed by atoms with E-state index in [1.54, 1.807) is 0 Å². The van der Waals surface area contributed by atoms with Crippen LogP contribution in [0.3, 0.4) is 0 Å². The van der Waals surface area contributed by atoms with Crippen LogP contribution in [0.2, 0.25) is 5.15 Å². The molecular weight excluding hydrogens is 389 g/mol. The molecule has 3 rings (SSSR count). The number of aromatic nitrogens is 2. The standard InChI is InChI=1S/C14H19ClIN3O/c1-8(2)19-5-6-20-10(7-19)14-17-12(9-3-4-9)11(16)13(15)18-14/h8-10H,3-7H2,1-2H3. The van der Waals surface area contributed by atoms with E-state index in [4.69, 9.17) is 21.3 Å². The van der Waals surface area contributed by atoms with Crippen LogP contribution in [-0.4, -0.2) is 40.6 Å². The second-order valence-corrected chi connectivity index (χ2v) is 7.23. The Bertz CT molecular complexity index is 507. The van der Waals surface area contributed by atoms with Crippen LogP contribution >= 0.6 is 34.2 Å². The molecule has 1 saturated heterocycles. The third-order valence-corrected chi connectivity index (χ3v) is 5.59. The molecule has 1 unspecified atom stereocenters. The van der Waals surface area contributed by atoms with Gasteiger partial charge in [-0.15, -0.1) is 0 Å². The van der Waals surface area contributed by atoms with E-state index in [1.807, 2.05) is 0 Å². The molecule has 1 aliphatic heterocycles. The number of morpholine rings is 1. The number of nitrogens with zero attached hydrogens (tertiary/aromatic N) is 3. The first-order valence-corrected chi connectivity index (χ1v) is 8.60. The first kappa shape index (κ1) is 14.9. The molecule has 0 amide bonds. The smallest absolute Gasteiger partial charge is 0.160 e. The van der Waals surface area contributed by atoms with Crippen molar-refractivity contribution in [2.24, 2.45) is 0 Å². The van der Waals surface area contributed by atoms with Crippen molar-refractivity contribution in [3.05, 3.63) is 20.2 Å². The van der Waals surface area contributed by atoms with Gasteiger partial charge in [0.1, 0.15) is 11.3 Å². The average molecular weight is 408 g/mol. The summed E-state index contributed by atoms with van der Waals surface area (Å²) >= 11 is 8.54. The minimum Gasteiger partial charge on any atom is -0.368 e. The minimum atomic E-state index is -0.0573. The molecule has 2 aliphatic rings. The predicted octanol–water partition coefficient (Wildman–Crippen LogP) is 3.39. The van der Waals surface area contributed by atoms with Gasteiger partial charge in [-0.1, -0.05) is 11.6 Å². The molecule has 2 fully saturated rings. The van der Waals surface area contributed by atoms with Crippen molar-refractivity contribution in [2.45, 2.75) is 44.8 Å². The van der Waals surface area contributed by atoms with Gasteiger partial charge in [-0.25, -0.2) is 9.97 Å². The lowest BCUT2D eigenvalue weighted by Crippen LogP contribution is -2.42. The van der Waals surface area contributed by atoms with E-state index in [2.05, 4.69) is 46.3 Å². The first-order chi connectivity index (χ1) is 9.56. The van der Waals surface area contributed by atoms with Gasteiger partial charge in [0.2, 0.25) is 0 Å². The van der Waals surface area contributed by atoms with Crippen LogP contribution in [0.1, 0.15) is 50.2 Å². The second-order valence-electron chi connectivity index (χ2n) is 5.79. The molecule has 0 N–H and O–H groups in total. The van der Waals surface area contributed by atoms with Crippen LogP contribution in [-0.2, 0) is 4.74 Å². The lowest BCUT2D eigenvalue weighted by molar-refractivity contribution is -0.0443. The van der Waals surface area contributed by atoms with Crippen LogP contribution in [0.15, 0.2) is 0 Å². The Balaban J connectivity index is 1.86. The van der Waals surface area contributed by atoms with Crippen molar-refractivity contribution in [3.8, 4) is 0 Å². The fraction of sp³-hybridized carbons (Fsp3) is 0.714. The molecule has 2 heterocycles. The Labute approximate surface area is 138 Å². The van der Waals surface area contributed by atoms with E-state index in [0.29, 0.717) is 17.1 Å². The van der Waals surface area contributed by atoms with E-state index in [1.165, 1.54) is 12.8 Å². The van der Waals surface area contributed by atoms with Crippen molar-refractivity contribution in [1.29, 1.82) is 0 Å². The fourth-order valence-corrected chi connectivity index (χ4v) is 3.38. The van der Waals surface area contributed by atoms with Gasteiger partial charge < -0.3 is 4.74 Å². The van der Waals surface area contributed by atoms with Crippen LogP contribution in [0.5, 0.6) is 0 Å². The highest BCUT2D eigenvalue weighted by Gasteiger charge is 2.32. The van der Waals surface area contributed by atoms with Gasteiger partial charge in [-0.05, 0) is 49.3 Å². The number of ether oxygens (including phenoxy) is 1. The summed E-state index contributed by atoms with van der Waals surface area (Å²) in [6.45, 7) is 6.97. The molecule has 110 valence electrons. The molecule has 0 bridgehead atoms. The zero-order chi connectivity index (χ0) is 14.3. The quantitative estimate of drug-likeness (QED) is 0.569. The maximum Gasteiger partial charge on any atom is 0.160 e. The van der Waals surface area contributed by atoms with Gasteiger partial charge in [-0.2, -0.15) is 0 Å². The fourth-order valence-electron chi connectivity index (χ4n) is 2.52. The van der Waals surface area contributed by atoms with Crippen molar-refractivity contribution in [3.63, 3.8) is 0 Å². The molecule has 1 aromatic heterocycles. The molecule has 1 aliphatic carbocycles. The molecule has 1 aromatic rings. The molecule has 6 heteroatoms. The van der Waals surface area contributed by atoms with Crippen LogP contribution in [0.4, 0.5) is 0 Å². The van der Waals surface area contributed by atoms with Gasteiger partial charge >= 0.3 is 0 Å². The van der Waals surface area contributed by atoms with E-state index in [0.717, 1.165) is 34.8 Å². The summed E-state index contributed by atoms with van der Waals surface area (Å²) in [5.74, 6) is 1.33. The second kappa shape index (κ2) is 6.02. The van der Waals surface area contributed by atoms with Crippen molar-refractivity contribution >= 4 is 34.2 Å². The summed E-state index contributed by atoms with van der Waals surface area (Å²) in [5.41, 5.74) is 1.12. The van der Waals surface area contributed by atoms with Gasteiger partial charge in [0.15, 0.2) is 5.82 Å². The highest BCUT2D eigenvalue weighted by molar-refractivity contribution is 14.1. The Kier molecular flexibility index (Phi) is 4.50. The minimum absolute atomic E-state index is 0.0573. The van der Waals surface area contributed by atoms with Crippen LogP contribution in [0.25, 0.3) is 0 Å². The lowest BCUT2D eigenvalue weighted by atomic mass is 10.2. The van der Waals surface area contributed by atoms with E-state index < -0.39 is 0 Å². The maximum atomic E-state index is 6.28. The topological polar surface area (TPSA) is 38.2 Å². The highest BCUT2D eigenvalue weighted by Crippen LogP contribution is 2.42. The van der Waals surface area contributed by atoms with Crippen LogP contribution in [0, 0.1) is 3.57 Å². The number of halogens is 2. The first-order valence-electron chi connectivity index (χ1n) is 7.14.